The van der Waals surface area contributed by atoms with Gasteiger partial charge in [-0.2, -0.15) is 0 Å². The fraction of sp³-hybridized carbons (Fsp3) is 0.545. The predicted molar refractivity (Wildman–Crippen MR) is 66.4 cm³/mol. The van der Waals surface area contributed by atoms with Crippen LogP contribution in [0.25, 0.3) is 0 Å². The summed E-state index contributed by atoms with van der Waals surface area (Å²) in [5.41, 5.74) is 0.127. The summed E-state index contributed by atoms with van der Waals surface area (Å²) in [6, 6.07) is 1.22. The molecule has 0 saturated heterocycles. The van der Waals surface area contributed by atoms with E-state index in [0.29, 0.717) is 18.1 Å². The largest absolute Gasteiger partial charge is 0.478 e. The summed E-state index contributed by atoms with van der Waals surface area (Å²) in [5.74, 6) is -0.189. The maximum Gasteiger partial charge on any atom is 0.339 e. The first-order chi connectivity index (χ1) is 8.19. The Morgan fingerprint density at radius 2 is 2.17 bits per heavy atom. The lowest BCUT2D eigenvalue weighted by molar-refractivity contribution is 0.0695. The fourth-order valence-corrected chi connectivity index (χ4v) is 2.66. The van der Waals surface area contributed by atoms with E-state index in [-0.39, 0.29) is 17.4 Å². The Kier molecular flexibility index (Phi) is 4.53. The lowest BCUT2D eigenvalue weighted by Gasteiger charge is -2.10. The predicted octanol–water partition coefficient (Wildman–Crippen LogP) is 0.809. The van der Waals surface area contributed by atoms with Crippen LogP contribution in [0.1, 0.15) is 28.8 Å². The molecular weight excluding hydrogens is 258 g/mol. The number of carboxylic acid groups (broad SMARTS) is 1. The molecule has 1 aromatic heterocycles. The second-order valence-electron chi connectivity index (χ2n) is 4.36. The first-order valence-corrected chi connectivity index (χ1v) is 7.49. The number of hydrogen-bond acceptors (Lipinski definition) is 5. The molecule has 1 rings (SSSR count). The molecule has 0 aromatic carbocycles. The molecule has 7 heteroatoms. The highest BCUT2D eigenvalue weighted by molar-refractivity contribution is 7.90. The third kappa shape index (κ3) is 4.50. The van der Waals surface area contributed by atoms with Gasteiger partial charge in [0.2, 0.25) is 0 Å². The molecule has 1 atom stereocenters. The lowest BCUT2D eigenvalue weighted by Crippen LogP contribution is -2.32. The summed E-state index contributed by atoms with van der Waals surface area (Å²) in [6.07, 6.45) is 1.17. The van der Waals surface area contributed by atoms with Crippen molar-refractivity contribution in [2.75, 3.05) is 12.0 Å². The van der Waals surface area contributed by atoms with Gasteiger partial charge in [0.25, 0.3) is 0 Å². The van der Waals surface area contributed by atoms with Crippen molar-refractivity contribution in [2.24, 2.45) is 0 Å². The molecule has 0 spiro atoms. The van der Waals surface area contributed by atoms with Crippen molar-refractivity contribution < 1.29 is 22.7 Å². The summed E-state index contributed by atoms with van der Waals surface area (Å²) in [7, 11) is -3.03. The number of carbonyl (C=O) groups is 1. The van der Waals surface area contributed by atoms with Gasteiger partial charge in [-0.25, -0.2) is 13.2 Å². The Balaban J connectivity index is 2.59. The molecule has 0 saturated carbocycles. The minimum absolute atomic E-state index is 0.0263. The van der Waals surface area contributed by atoms with Gasteiger partial charge in [-0.15, -0.1) is 0 Å². The second-order valence-corrected chi connectivity index (χ2v) is 6.55. The highest BCUT2D eigenvalue weighted by Gasteiger charge is 2.15. The number of aryl methyl sites for hydroxylation is 1. The lowest BCUT2D eigenvalue weighted by atomic mass is 10.2. The molecule has 102 valence electrons. The van der Waals surface area contributed by atoms with Crippen molar-refractivity contribution in [1.29, 1.82) is 0 Å². The average molecular weight is 275 g/mol. The van der Waals surface area contributed by atoms with Crippen molar-refractivity contribution in [3.63, 3.8) is 0 Å². The van der Waals surface area contributed by atoms with Crippen LogP contribution in [0.5, 0.6) is 0 Å². The van der Waals surface area contributed by atoms with Crippen LogP contribution in [-0.4, -0.2) is 37.5 Å². The number of nitrogens with one attached hydrogen (secondary N) is 1. The van der Waals surface area contributed by atoms with E-state index in [4.69, 9.17) is 9.52 Å². The topological polar surface area (TPSA) is 96.6 Å². The zero-order valence-corrected chi connectivity index (χ0v) is 11.4. The van der Waals surface area contributed by atoms with Crippen LogP contribution in [0.3, 0.4) is 0 Å². The number of carboxylic acids is 1. The summed E-state index contributed by atoms with van der Waals surface area (Å²) in [6.45, 7) is 3.62. The molecule has 6 nitrogen and oxygen atoms in total. The Labute approximate surface area is 106 Å². The van der Waals surface area contributed by atoms with Gasteiger partial charge in [0.05, 0.1) is 12.3 Å². The van der Waals surface area contributed by atoms with Crippen LogP contribution in [0, 0.1) is 6.92 Å². The minimum Gasteiger partial charge on any atom is -0.478 e. The van der Waals surface area contributed by atoms with E-state index in [1.165, 1.54) is 12.3 Å². The molecule has 1 unspecified atom stereocenters. The zero-order valence-electron chi connectivity index (χ0n) is 10.6. The Morgan fingerprint density at radius 3 is 2.61 bits per heavy atom. The summed E-state index contributed by atoms with van der Waals surface area (Å²) < 4.78 is 27.4. The monoisotopic (exact) mass is 275 g/mol. The molecule has 0 radical (unpaired) electrons. The zero-order chi connectivity index (χ0) is 13.9. The minimum atomic E-state index is -3.03. The molecule has 0 aliphatic rings. The normalized spacial score (nSPS) is 13.5. The van der Waals surface area contributed by atoms with Crippen LogP contribution in [0.4, 0.5) is 0 Å². The molecule has 0 fully saturated rings. The molecule has 18 heavy (non-hydrogen) atoms. The molecule has 0 bridgehead atoms. The number of furan rings is 1. The first kappa shape index (κ1) is 14.7. The van der Waals surface area contributed by atoms with Crippen molar-refractivity contribution in [3.05, 3.63) is 23.2 Å². The maximum absolute atomic E-state index is 11.1. The van der Waals surface area contributed by atoms with Gasteiger partial charge in [-0.1, -0.05) is 0 Å². The van der Waals surface area contributed by atoms with Gasteiger partial charge < -0.3 is 14.8 Å². The van der Waals surface area contributed by atoms with Gasteiger partial charge in [-0.05, 0) is 19.9 Å². The van der Waals surface area contributed by atoms with E-state index in [1.807, 2.05) is 0 Å². The van der Waals surface area contributed by atoms with Crippen LogP contribution in [-0.2, 0) is 16.4 Å². The highest BCUT2D eigenvalue weighted by Crippen LogP contribution is 2.14. The van der Waals surface area contributed by atoms with Crippen LogP contribution in [0.15, 0.2) is 10.5 Å². The van der Waals surface area contributed by atoms with E-state index in [1.54, 1.807) is 13.8 Å². The van der Waals surface area contributed by atoms with E-state index >= 15 is 0 Å². The molecule has 0 aliphatic carbocycles. The number of aromatic carboxylic acids is 1. The number of hydrogen-bond donors (Lipinski definition) is 2. The Bertz CT molecular complexity index is 532. The maximum atomic E-state index is 11.1. The average Bonchev–Trinajstić information content (AvgIpc) is 2.54. The van der Waals surface area contributed by atoms with E-state index in [0.717, 1.165) is 0 Å². The third-order valence-corrected chi connectivity index (χ3v) is 3.48. The molecule has 0 aliphatic heterocycles. The van der Waals surface area contributed by atoms with Gasteiger partial charge in [-0.3, -0.25) is 0 Å². The Morgan fingerprint density at radius 1 is 1.56 bits per heavy atom. The first-order valence-electron chi connectivity index (χ1n) is 5.42. The highest BCUT2D eigenvalue weighted by atomic mass is 32.2. The fourth-order valence-electron chi connectivity index (χ4n) is 1.63. The smallest absolute Gasteiger partial charge is 0.339 e. The molecule has 1 heterocycles. The van der Waals surface area contributed by atoms with Gasteiger partial charge in [0, 0.05) is 12.3 Å². The van der Waals surface area contributed by atoms with Crippen molar-refractivity contribution in [1.82, 2.24) is 5.32 Å². The number of rotatable bonds is 6. The third-order valence-electron chi connectivity index (χ3n) is 2.38. The number of sulfone groups is 1. The SMILES string of the molecule is Cc1oc(CNC(C)CS(C)(=O)=O)cc1C(=O)O. The van der Waals surface area contributed by atoms with Gasteiger partial charge in [0.15, 0.2) is 0 Å². The van der Waals surface area contributed by atoms with E-state index < -0.39 is 15.8 Å². The quantitative estimate of drug-likeness (QED) is 0.797. The van der Waals surface area contributed by atoms with Gasteiger partial charge in [0.1, 0.15) is 26.9 Å². The van der Waals surface area contributed by atoms with Crippen molar-refractivity contribution in [3.8, 4) is 0 Å². The Hall–Kier alpha value is -1.34. The van der Waals surface area contributed by atoms with Gasteiger partial charge >= 0.3 is 5.97 Å². The standard InChI is InChI=1S/C11H17NO5S/c1-7(6-18(3,15)16)12-5-9-4-10(11(13)14)8(2)17-9/h4,7,12H,5-6H2,1-3H3,(H,13,14). The van der Waals surface area contributed by atoms with Crippen molar-refractivity contribution >= 4 is 15.8 Å². The second kappa shape index (κ2) is 5.53. The molecule has 2 N–H and O–H groups in total. The molecule has 1 aromatic rings. The van der Waals surface area contributed by atoms with Crippen LogP contribution in [0.2, 0.25) is 0 Å². The van der Waals surface area contributed by atoms with Crippen LogP contribution < -0.4 is 5.32 Å². The molecular formula is C11H17NO5S. The van der Waals surface area contributed by atoms with E-state index in [9.17, 15) is 13.2 Å². The summed E-state index contributed by atoms with van der Waals surface area (Å²) in [5, 5.41) is 11.8. The molecule has 0 amide bonds. The summed E-state index contributed by atoms with van der Waals surface area (Å²) in [4.78, 5) is 10.8. The van der Waals surface area contributed by atoms with E-state index in [2.05, 4.69) is 5.32 Å². The van der Waals surface area contributed by atoms with Crippen LogP contribution >= 0.6 is 0 Å². The summed E-state index contributed by atoms with van der Waals surface area (Å²) >= 11 is 0. The van der Waals surface area contributed by atoms with Crippen molar-refractivity contribution in [2.45, 2.75) is 26.4 Å².